The maximum absolute atomic E-state index is 11.8. The zero-order valence-corrected chi connectivity index (χ0v) is 13.9. The van der Waals surface area contributed by atoms with Gasteiger partial charge in [-0.15, -0.1) is 0 Å². The number of ether oxygens (including phenoxy) is 2. The van der Waals surface area contributed by atoms with Gasteiger partial charge in [0.1, 0.15) is 18.1 Å². The highest BCUT2D eigenvalue weighted by Crippen LogP contribution is 2.27. The van der Waals surface area contributed by atoms with Crippen LogP contribution in [0.15, 0.2) is 48.5 Å². The van der Waals surface area contributed by atoms with E-state index in [1.807, 2.05) is 48.5 Å². The lowest BCUT2D eigenvalue weighted by Gasteiger charge is -2.14. The second-order valence-electron chi connectivity index (χ2n) is 5.78. The molecule has 6 nitrogen and oxygen atoms in total. The van der Waals surface area contributed by atoms with Crippen molar-refractivity contribution in [2.75, 3.05) is 26.3 Å². The van der Waals surface area contributed by atoms with Crippen LogP contribution in [0.5, 0.6) is 11.5 Å². The molecule has 0 aromatic heterocycles. The van der Waals surface area contributed by atoms with Crippen molar-refractivity contribution >= 4 is 6.03 Å². The Hall–Kier alpha value is -2.73. The number of aliphatic hydroxyl groups is 1. The van der Waals surface area contributed by atoms with Gasteiger partial charge in [-0.1, -0.05) is 24.3 Å². The molecule has 1 heterocycles. The molecule has 0 saturated heterocycles. The van der Waals surface area contributed by atoms with Gasteiger partial charge in [-0.2, -0.15) is 0 Å². The molecule has 6 heteroatoms. The predicted octanol–water partition coefficient (Wildman–Crippen LogP) is 2.03. The molecule has 3 N–H and O–H groups in total. The summed E-state index contributed by atoms with van der Waals surface area (Å²) in [4.78, 5) is 11.8. The number of fused-ring (bicyclic) bond motifs is 1. The first-order valence-electron chi connectivity index (χ1n) is 8.35. The monoisotopic (exact) mass is 342 g/mol. The third-order valence-corrected chi connectivity index (χ3v) is 3.95. The van der Waals surface area contributed by atoms with Crippen LogP contribution in [0.25, 0.3) is 0 Å². The minimum absolute atomic E-state index is 0.144. The summed E-state index contributed by atoms with van der Waals surface area (Å²) in [5.41, 5.74) is 1.87. The highest BCUT2D eigenvalue weighted by atomic mass is 16.5. The molecule has 25 heavy (non-hydrogen) atoms. The minimum atomic E-state index is -0.753. The molecule has 1 atom stereocenters. The largest absolute Gasteiger partial charge is 0.493 e. The van der Waals surface area contributed by atoms with E-state index in [0.717, 1.165) is 29.0 Å². The van der Waals surface area contributed by atoms with E-state index in [-0.39, 0.29) is 12.6 Å². The molecule has 0 saturated carbocycles. The van der Waals surface area contributed by atoms with Gasteiger partial charge in [-0.05, 0) is 35.4 Å². The number of aliphatic hydroxyl groups excluding tert-OH is 1. The lowest BCUT2D eigenvalue weighted by molar-refractivity contribution is 0.172. The number of urea groups is 1. The zero-order chi connectivity index (χ0) is 17.5. The van der Waals surface area contributed by atoms with E-state index in [1.54, 1.807) is 0 Å². The van der Waals surface area contributed by atoms with Crippen LogP contribution in [-0.4, -0.2) is 37.4 Å². The second-order valence-corrected chi connectivity index (χ2v) is 5.78. The molecule has 0 radical (unpaired) electrons. The van der Waals surface area contributed by atoms with E-state index in [2.05, 4.69) is 10.6 Å². The summed E-state index contributed by atoms with van der Waals surface area (Å²) in [6, 6.07) is 14.7. The Morgan fingerprint density at radius 1 is 1.20 bits per heavy atom. The molecule has 2 amide bonds. The van der Waals surface area contributed by atoms with Crippen LogP contribution in [0, 0.1) is 0 Å². The van der Waals surface area contributed by atoms with Gasteiger partial charge in [-0.3, -0.25) is 0 Å². The van der Waals surface area contributed by atoms with Crippen LogP contribution in [-0.2, 0) is 6.42 Å². The number of benzene rings is 2. The van der Waals surface area contributed by atoms with E-state index >= 15 is 0 Å². The summed E-state index contributed by atoms with van der Waals surface area (Å²) in [6.07, 6.45) is 0.0998. The van der Waals surface area contributed by atoms with Gasteiger partial charge in [0.05, 0.1) is 19.3 Å². The number of amides is 2. The molecule has 2 aromatic rings. The minimum Gasteiger partial charge on any atom is -0.493 e. The van der Waals surface area contributed by atoms with Gasteiger partial charge in [0.2, 0.25) is 0 Å². The first kappa shape index (κ1) is 17.1. The van der Waals surface area contributed by atoms with Gasteiger partial charge in [-0.25, -0.2) is 4.79 Å². The standard InChI is InChI=1S/C19H22N2O4/c22-17(14-6-7-18-15(12-14)8-10-25-18)13-21-19(23)20-9-11-24-16-4-2-1-3-5-16/h1-7,12,17,22H,8-11,13H2,(H2,20,21,23). The summed E-state index contributed by atoms with van der Waals surface area (Å²) >= 11 is 0. The Morgan fingerprint density at radius 2 is 2.04 bits per heavy atom. The van der Waals surface area contributed by atoms with Crippen molar-refractivity contribution in [3.8, 4) is 11.5 Å². The summed E-state index contributed by atoms with van der Waals surface area (Å²) < 4.78 is 10.9. The third kappa shape index (κ3) is 4.87. The van der Waals surface area contributed by atoms with E-state index in [0.29, 0.717) is 19.8 Å². The van der Waals surface area contributed by atoms with Crippen molar-refractivity contribution < 1.29 is 19.4 Å². The van der Waals surface area contributed by atoms with Crippen molar-refractivity contribution in [1.82, 2.24) is 10.6 Å². The van der Waals surface area contributed by atoms with Crippen molar-refractivity contribution in [3.05, 3.63) is 59.7 Å². The van der Waals surface area contributed by atoms with Crippen molar-refractivity contribution in [1.29, 1.82) is 0 Å². The number of carbonyl (C=O) groups is 1. The van der Waals surface area contributed by atoms with E-state index in [4.69, 9.17) is 9.47 Å². The lowest BCUT2D eigenvalue weighted by Crippen LogP contribution is -2.39. The average Bonchev–Trinajstić information content (AvgIpc) is 3.12. The lowest BCUT2D eigenvalue weighted by atomic mass is 10.0. The first-order valence-corrected chi connectivity index (χ1v) is 8.35. The van der Waals surface area contributed by atoms with Crippen molar-refractivity contribution in [3.63, 3.8) is 0 Å². The quantitative estimate of drug-likeness (QED) is 0.673. The molecule has 3 rings (SSSR count). The van der Waals surface area contributed by atoms with Crippen LogP contribution >= 0.6 is 0 Å². The highest BCUT2D eigenvalue weighted by Gasteiger charge is 2.15. The fraction of sp³-hybridized carbons (Fsp3) is 0.316. The summed E-state index contributed by atoms with van der Waals surface area (Å²) in [5, 5.41) is 15.6. The Kier molecular flexibility index (Phi) is 5.74. The first-order chi connectivity index (χ1) is 12.2. The highest BCUT2D eigenvalue weighted by molar-refractivity contribution is 5.73. The van der Waals surface area contributed by atoms with Crippen molar-refractivity contribution in [2.45, 2.75) is 12.5 Å². The number of hydrogen-bond donors (Lipinski definition) is 3. The molecule has 0 bridgehead atoms. The Morgan fingerprint density at radius 3 is 2.88 bits per heavy atom. The molecule has 132 valence electrons. The number of carbonyl (C=O) groups excluding carboxylic acids is 1. The fourth-order valence-corrected chi connectivity index (χ4v) is 2.63. The van der Waals surface area contributed by atoms with Gasteiger partial charge < -0.3 is 25.2 Å². The number of para-hydroxylation sites is 1. The Balaban J connectivity index is 1.35. The molecule has 1 unspecified atom stereocenters. The summed E-state index contributed by atoms with van der Waals surface area (Å²) in [5.74, 6) is 1.64. The van der Waals surface area contributed by atoms with Crippen molar-refractivity contribution in [2.24, 2.45) is 0 Å². The third-order valence-electron chi connectivity index (χ3n) is 3.95. The molecular weight excluding hydrogens is 320 g/mol. The number of nitrogens with one attached hydrogen (secondary N) is 2. The van der Waals surface area contributed by atoms with Crippen LogP contribution in [0.3, 0.4) is 0 Å². The zero-order valence-electron chi connectivity index (χ0n) is 13.9. The van der Waals surface area contributed by atoms with E-state index in [9.17, 15) is 9.90 Å². The smallest absolute Gasteiger partial charge is 0.315 e. The normalized spacial score (nSPS) is 13.5. The molecule has 1 aliphatic heterocycles. The predicted molar refractivity (Wildman–Crippen MR) is 93.9 cm³/mol. The van der Waals surface area contributed by atoms with Crippen LogP contribution in [0.4, 0.5) is 4.79 Å². The fourth-order valence-electron chi connectivity index (χ4n) is 2.63. The summed E-state index contributed by atoms with van der Waals surface area (Å²) in [7, 11) is 0. The van der Waals surface area contributed by atoms with E-state index < -0.39 is 6.10 Å². The molecule has 2 aromatic carbocycles. The van der Waals surface area contributed by atoms with Gasteiger partial charge in [0.15, 0.2) is 0 Å². The summed E-state index contributed by atoms with van der Waals surface area (Å²) in [6.45, 7) is 1.59. The Labute approximate surface area is 146 Å². The molecule has 0 aliphatic carbocycles. The number of rotatable bonds is 7. The molecule has 1 aliphatic rings. The Bertz CT molecular complexity index is 706. The SMILES string of the molecule is O=C(NCCOc1ccccc1)NCC(O)c1ccc2c(c1)CCO2. The van der Waals surface area contributed by atoms with E-state index in [1.165, 1.54) is 0 Å². The van der Waals surface area contributed by atoms with Gasteiger partial charge >= 0.3 is 6.03 Å². The average molecular weight is 342 g/mol. The van der Waals surface area contributed by atoms with Gasteiger partial charge in [0, 0.05) is 13.0 Å². The maximum Gasteiger partial charge on any atom is 0.315 e. The maximum atomic E-state index is 11.8. The van der Waals surface area contributed by atoms with Crippen LogP contribution in [0.1, 0.15) is 17.2 Å². The van der Waals surface area contributed by atoms with Crippen LogP contribution in [0.2, 0.25) is 0 Å². The van der Waals surface area contributed by atoms with Gasteiger partial charge in [0.25, 0.3) is 0 Å². The number of hydrogen-bond acceptors (Lipinski definition) is 4. The molecular formula is C19H22N2O4. The topological polar surface area (TPSA) is 79.8 Å². The molecule has 0 fully saturated rings. The van der Waals surface area contributed by atoms with Crippen LogP contribution < -0.4 is 20.1 Å². The second kappa shape index (κ2) is 8.39. The molecule has 0 spiro atoms.